The first-order chi connectivity index (χ1) is 7.29. The van der Waals surface area contributed by atoms with E-state index in [1.807, 2.05) is 12.1 Å². The molecule has 5 nitrogen and oxygen atoms in total. The van der Waals surface area contributed by atoms with Crippen molar-refractivity contribution in [3.63, 3.8) is 0 Å². The molecule has 1 aliphatic heterocycles. The van der Waals surface area contributed by atoms with Gasteiger partial charge in [0, 0.05) is 19.5 Å². The van der Waals surface area contributed by atoms with Gasteiger partial charge in [-0.2, -0.15) is 0 Å². The van der Waals surface area contributed by atoms with Crippen LogP contribution in [0.2, 0.25) is 0 Å². The van der Waals surface area contributed by atoms with E-state index in [0.717, 1.165) is 5.76 Å². The molecule has 1 atom stereocenters. The smallest absolute Gasteiger partial charge is 0.410 e. The van der Waals surface area contributed by atoms with Crippen LogP contribution in [0.25, 0.3) is 0 Å². The summed E-state index contributed by atoms with van der Waals surface area (Å²) in [6.07, 6.45) is 1.89. The maximum Gasteiger partial charge on any atom is 0.410 e. The van der Waals surface area contributed by atoms with Crippen LogP contribution in [-0.2, 0) is 11.2 Å². The molecule has 2 rings (SSSR count). The number of hydrogen-bond donors (Lipinski definition) is 1. The Hall–Kier alpha value is -1.49. The van der Waals surface area contributed by atoms with Crippen LogP contribution in [0.1, 0.15) is 5.76 Å². The first kappa shape index (κ1) is 10.0. The molecule has 1 saturated heterocycles. The number of nitrogens with zero attached hydrogens (tertiary/aromatic N) is 1. The zero-order valence-electron chi connectivity index (χ0n) is 8.39. The number of hydrogen-bond acceptors (Lipinski definition) is 4. The van der Waals surface area contributed by atoms with Crippen LogP contribution in [0.5, 0.6) is 0 Å². The van der Waals surface area contributed by atoms with Gasteiger partial charge in [-0.15, -0.1) is 0 Å². The van der Waals surface area contributed by atoms with Crippen LogP contribution in [0.15, 0.2) is 22.8 Å². The molecule has 1 unspecified atom stereocenters. The van der Waals surface area contributed by atoms with Crippen molar-refractivity contribution in [1.82, 2.24) is 4.90 Å². The maximum atomic E-state index is 11.3. The van der Waals surface area contributed by atoms with E-state index in [1.165, 1.54) is 0 Å². The SMILES string of the molecule is NCC1CN(CCc2ccco2)C(=O)O1. The largest absolute Gasteiger partial charge is 0.469 e. The molecule has 1 amide bonds. The average Bonchev–Trinajstić information content (AvgIpc) is 2.84. The molecule has 1 aromatic rings. The number of amides is 1. The molecular weight excluding hydrogens is 196 g/mol. The Balaban J connectivity index is 1.83. The van der Waals surface area contributed by atoms with Crippen molar-refractivity contribution in [3.8, 4) is 0 Å². The molecule has 2 N–H and O–H groups in total. The monoisotopic (exact) mass is 210 g/mol. The van der Waals surface area contributed by atoms with Crippen molar-refractivity contribution in [3.05, 3.63) is 24.2 Å². The number of nitrogens with two attached hydrogens (primary N) is 1. The summed E-state index contributed by atoms with van der Waals surface area (Å²) in [5.74, 6) is 0.874. The highest BCUT2D eigenvalue weighted by Crippen LogP contribution is 2.11. The van der Waals surface area contributed by atoms with Crippen molar-refractivity contribution < 1.29 is 13.9 Å². The van der Waals surface area contributed by atoms with Gasteiger partial charge in [-0.25, -0.2) is 4.79 Å². The third-order valence-corrected chi connectivity index (χ3v) is 2.42. The summed E-state index contributed by atoms with van der Waals surface area (Å²) in [6, 6.07) is 3.72. The van der Waals surface area contributed by atoms with E-state index in [0.29, 0.717) is 26.1 Å². The summed E-state index contributed by atoms with van der Waals surface area (Å²) in [6.45, 7) is 1.57. The van der Waals surface area contributed by atoms with E-state index in [2.05, 4.69) is 0 Å². The lowest BCUT2D eigenvalue weighted by Crippen LogP contribution is -2.29. The Morgan fingerprint density at radius 1 is 1.60 bits per heavy atom. The lowest BCUT2D eigenvalue weighted by molar-refractivity contribution is 0.135. The molecular formula is C10H14N2O3. The minimum absolute atomic E-state index is 0.158. The second-order valence-electron chi connectivity index (χ2n) is 3.52. The predicted molar refractivity (Wildman–Crippen MR) is 53.3 cm³/mol. The minimum atomic E-state index is -0.281. The fourth-order valence-corrected chi connectivity index (χ4v) is 1.58. The van der Waals surface area contributed by atoms with E-state index < -0.39 is 0 Å². The number of carbonyl (C=O) groups excluding carboxylic acids is 1. The highest BCUT2D eigenvalue weighted by molar-refractivity contribution is 5.69. The Morgan fingerprint density at radius 2 is 2.47 bits per heavy atom. The standard InChI is InChI=1S/C10H14N2O3/c11-6-9-7-12(10(13)15-9)4-3-8-2-1-5-14-8/h1-2,5,9H,3-4,6-7,11H2. The number of rotatable bonds is 4. The molecule has 15 heavy (non-hydrogen) atoms. The molecule has 0 bridgehead atoms. The zero-order valence-corrected chi connectivity index (χ0v) is 8.39. The van der Waals surface area contributed by atoms with Gasteiger partial charge in [0.15, 0.2) is 0 Å². The van der Waals surface area contributed by atoms with Gasteiger partial charge in [0.1, 0.15) is 11.9 Å². The van der Waals surface area contributed by atoms with E-state index in [-0.39, 0.29) is 12.2 Å². The molecule has 0 aromatic carbocycles. The van der Waals surface area contributed by atoms with Crippen LogP contribution in [0.4, 0.5) is 4.79 Å². The van der Waals surface area contributed by atoms with Gasteiger partial charge >= 0.3 is 6.09 Å². The van der Waals surface area contributed by atoms with Crippen LogP contribution >= 0.6 is 0 Å². The second-order valence-corrected chi connectivity index (χ2v) is 3.52. The molecule has 1 aromatic heterocycles. The summed E-state index contributed by atoms with van der Waals surface area (Å²) in [5, 5.41) is 0. The lowest BCUT2D eigenvalue weighted by Gasteiger charge is -2.10. The lowest BCUT2D eigenvalue weighted by atomic mass is 10.3. The third-order valence-electron chi connectivity index (χ3n) is 2.42. The fraction of sp³-hybridized carbons (Fsp3) is 0.500. The van der Waals surface area contributed by atoms with Crippen LogP contribution < -0.4 is 5.73 Å². The molecule has 82 valence electrons. The van der Waals surface area contributed by atoms with Crippen molar-refractivity contribution >= 4 is 6.09 Å². The van der Waals surface area contributed by atoms with E-state index in [9.17, 15) is 4.79 Å². The topological polar surface area (TPSA) is 68.7 Å². The summed E-state index contributed by atoms with van der Waals surface area (Å²) in [7, 11) is 0. The van der Waals surface area contributed by atoms with Crippen molar-refractivity contribution in [1.29, 1.82) is 0 Å². The third kappa shape index (κ3) is 2.30. The van der Waals surface area contributed by atoms with Gasteiger partial charge < -0.3 is 19.8 Å². The van der Waals surface area contributed by atoms with E-state index >= 15 is 0 Å². The number of furan rings is 1. The molecule has 1 fully saturated rings. The molecule has 5 heteroatoms. The number of ether oxygens (including phenoxy) is 1. The van der Waals surface area contributed by atoms with Gasteiger partial charge in [-0.1, -0.05) is 0 Å². The fourth-order valence-electron chi connectivity index (χ4n) is 1.58. The van der Waals surface area contributed by atoms with Crippen LogP contribution in [-0.4, -0.2) is 36.7 Å². The van der Waals surface area contributed by atoms with Gasteiger partial charge in [-0.3, -0.25) is 0 Å². The van der Waals surface area contributed by atoms with Crippen LogP contribution in [0.3, 0.4) is 0 Å². The Kier molecular flexibility index (Phi) is 2.91. The highest BCUT2D eigenvalue weighted by atomic mass is 16.6. The van der Waals surface area contributed by atoms with Crippen molar-refractivity contribution in [2.45, 2.75) is 12.5 Å². The molecule has 0 radical (unpaired) electrons. The molecule has 0 saturated carbocycles. The number of cyclic esters (lactones) is 1. The van der Waals surface area contributed by atoms with Crippen molar-refractivity contribution in [2.24, 2.45) is 5.73 Å². The summed E-state index contributed by atoms with van der Waals surface area (Å²) in [5.41, 5.74) is 5.43. The molecule has 0 spiro atoms. The average molecular weight is 210 g/mol. The highest BCUT2D eigenvalue weighted by Gasteiger charge is 2.29. The normalized spacial score (nSPS) is 20.7. The van der Waals surface area contributed by atoms with Crippen LogP contribution in [0, 0.1) is 0 Å². The molecule has 0 aliphatic carbocycles. The molecule has 1 aliphatic rings. The van der Waals surface area contributed by atoms with E-state index in [1.54, 1.807) is 11.2 Å². The van der Waals surface area contributed by atoms with Gasteiger partial charge in [0.2, 0.25) is 0 Å². The zero-order chi connectivity index (χ0) is 10.7. The van der Waals surface area contributed by atoms with E-state index in [4.69, 9.17) is 14.9 Å². The quantitative estimate of drug-likeness (QED) is 0.790. The van der Waals surface area contributed by atoms with Gasteiger partial charge in [0.05, 0.1) is 12.8 Å². The maximum absolute atomic E-state index is 11.3. The first-order valence-electron chi connectivity index (χ1n) is 4.97. The first-order valence-corrected chi connectivity index (χ1v) is 4.97. The Labute approximate surface area is 87.8 Å². The number of carbonyl (C=O) groups is 1. The predicted octanol–water partition coefficient (Wildman–Crippen LogP) is 0.602. The minimum Gasteiger partial charge on any atom is -0.469 e. The Bertz CT molecular complexity index is 323. The van der Waals surface area contributed by atoms with Gasteiger partial charge in [-0.05, 0) is 12.1 Å². The molecule has 2 heterocycles. The summed E-state index contributed by atoms with van der Waals surface area (Å²) >= 11 is 0. The second kappa shape index (κ2) is 4.35. The van der Waals surface area contributed by atoms with Gasteiger partial charge in [0.25, 0.3) is 0 Å². The van der Waals surface area contributed by atoms with Crippen molar-refractivity contribution in [2.75, 3.05) is 19.6 Å². The Morgan fingerprint density at radius 3 is 3.07 bits per heavy atom. The summed E-state index contributed by atoms with van der Waals surface area (Å²) < 4.78 is 10.2. The summed E-state index contributed by atoms with van der Waals surface area (Å²) in [4.78, 5) is 13.0.